The van der Waals surface area contributed by atoms with Crippen LogP contribution in [0.4, 0.5) is 0 Å². The maximum absolute atomic E-state index is 14.4. The maximum Gasteiger partial charge on any atom is 0.247 e. The van der Waals surface area contributed by atoms with Gasteiger partial charge in [-0.1, -0.05) is 52.2 Å². The van der Waals surface area contributed by atoms with Crippen LogP contribution in [0.1, 0.15) is 66.2 Å². The lowest BCUT2D eigenvalue weighted by atomic mass is 9.66. The largest absolute Gasteiger partial charge is 0.394 e. The van der Waals surface area contributed by atoms with Gasteiger partial charge in [-0.25, -0.2) is 0 Å². The standard InChI is InChI=1S/C29H47N3O4S/c1-8-12-13-18-31(17-10-3)27(36)24-29-15-14-28(6,37-29)22(25(34)30(7)16-9-2)23(29)26(35)32(24)21(19-33)20(5)11-4/h9-10,20-24,33H,2-3,8,11-19H2,1,4-7H3/t20-,21-,22+,23-,24?,28-,29?/m0/s1. The van der Waals surface area contributed by atoms with Crippen LogP contribution in [0.5, 0.6) is 0 Å². The number of carbonyl (C=O) groups excluding carboxylic acids is 3. The van der Waals surface area contributed by atoms with E-state index in [0.29, 0.717) is 26.1 Å². The molecule has 0 saturated carbocycles. The summed E-state index contributed by atoms with van der Waals surface area (Å²) in [6.07, 6.45) is 8.66. The number of amides is 3. The molecule has 3 heterocycles. The lowest BCUT2D eigenvalue weighted by Gasteiger charge is -2.41. The third kappa shape index (κ3) is 5.00. The SMILES string of the molecule is C=CCN(C)C(=O)[C@H]1[C@H]2C(=O)N([C@@H](CO)[C@@H](C)CC)C(C(=O)N(CC=C)CCCCC)C23CC[C@]1(C)S3. The molecule has 0 aliphatic carbocycles. The Morgan fingerprint density at radius 3 is 2.43 bits per heavy atom. The molecule has 2 unspecified atom stereocenters. The first-order chi connectivity index (χ1) is 17.6. The minimum atomic E-state index is -0.702. The van der Waals surface area contributed by atoms with Crippen LogP contribution in [0.25, 0.3) is 0 Å². The second-order valence-electron chi connectivity index (χ2n) is 11.4. The van der Waals surface area contributed by atoms with Gasteiger partial charge in [-0.3, -0.25) is 14.4 Å². The smallest absolute Gasteiger partial charge is 0.247 e. The van der Waals surface area contributed by atoms with Gasteiger partial charge in [0.2, 0.25) is 17.7 Å². The van der Waals surface area contributed by atoms with Crippen LogP contribution in [-0.4, -0.2) is 92.4 Å². The minimum absolute atomic E-state index is 0.0165. The number of hydrogen-bond donors (Lipinski definition) is 1. The summed E-state index contributed by atoms with van der Waals surface area (Å²) in [6, 6.07) is -1.17. The summed E-state index contributed by atoms with van der Waals surface area (Å²) < 4.78 is -1.09. The van der Waals surface area contributed by atoms with Crippen molar-refractivity contribution < 1.29 is 19.5 Å². The molecule has 3 aliphatic rings. The number of aliphatic hydroxyl groups is 1. The number of nitrogens with zero attached hydrogens (tertiary/aromatic N) is 3. The van der Waals surface area contributed by atoms with E-state index < -0.39 is 33.4 Å². The van der Waals surface area contributed by atoms with Crippen LogP contribution in [0.3, 0.4) is 0 Å². The topological polar surface area (TPSA) is 81.2 Å². The van der Waals surface area contributed by atoms with Gasteiger partial charge < -0.3 is 19.8 Å². The zero-order valence-electron chi connectivity index (χ0n) is 23.4. The third-order valence-corrected chi connectivity index (χ3v) is 11.0. The van der Waals surface area contributed by atoms with Gasteiger partial charge in [0, 0.05) is 31.4 Å². The average molecular weight is 534 g/mol. The van der Waals surface area contributed by atoms with E-state index in [0.717, 1.165) is 32.1 Å². The number of likely N-dealkylation sites (tertiary alicyclic amines) is 1. The molecule has 3 aliphatic heterocycles. The summed E-state index contributed by atoms with van der Waals surface area (Å²) in [5.41, 5.74) is 0. The molecule has 1 N–H and O–H groups in total. The molecule has 1 spiro atoms. The van der Waals surface area contributed by atoms with Crippen LogP contribution < -0.4 is 0 Å². The molecule has 3 rings (SSSR count). The number of unbranched alkanes of at least 4 members (excludes halogenated alkanes) is 2. The van der Waals surface area contributed by atoms with E-state index >= 15 is 0 Å². The summed E-state index contributed by atoms with van der Waals surface area (Å²) in [5.74, 6) is -1.35. The highest BCUT2D eigenvalue weighted by Gasteiger charge is 2.78. The van der Waals surface area contributed by atoms with Crippen molar-refractivity contribution in [2.75, 3.05) is 33.3 Å². The fourth-order valence-corrected chi connectivity index (χ4v) is 9.21. The van der Waals surface area contributed by atoms with E-state index in [9.17, 15) is 19.5 Å². The second-order valence-corrected chi connectivity index (χ2v) is 13.3. The summed E-state index contributed by atoms with van der Waals surface area (Å²) in [5, 5.41) is 10.5. The van der Waals surface area contributed by atoms with Crippen molar-refractivity contribution in [1.29, 1.82) is 0 Å². The molecule has 3 amide bonds. The lowest BCUT2D eigenvalue weighted by molar-refractivity contribution is -0.148. The van der Waals surface area contributed by atoms with Crippen LogP contribution in [-0.2, 0) is 14.4 Å². The van der Waals surface area contributed by atoms with Gasteiger partial charge in [-0.2, -0.15) is 0 Å². The zero-order chi connectivity index (χ0) is 27.5. The molecule has 0 aromatic carbocycles. The zero-order valence-corrected chi connectivity index (χ0v) is 24.3. The molecule has 7 atom stereocenters. The van der Waals surface area contributed by atoms with Crippen molar-refractivity contribution >= 4 is 29.5 Å². The second kappa shape index (κ2) is 11.9. The molecule has 7 nitrogen and oxygen atoms in total. The number of carbonyl (C=O) groups is 3. The molecular weight excluding hydrogens is 486 g/mol. The molecule has 8 heteroatoms. The molecule has 0 aromatic rings. The number of likely N-dealkylation sites (N-methyl/N-ethyl adjacent to an activating group) is 1. The average Bonchev–Trinajstić information content (AvgIpc) is 3.44. The molecule has 3 saturated heterocycles. The van der Waals surface area contributed by atoms with Crippen LogP contribution in [0, 0.1) is 17.8 Å². The Bertz CT molecular complexity index is 896. The highest BCUT2D eigenvalue weighted by molar-refractivity contribution is 8.02. The van der Waals surface area contributed by atoms with E-state index in [1.165, 1.54) is 0 Å². The molecule has 37 heavy (non-hydrogen) atoms. The van der Waals surface area contributed by atoms with E-state index in [4.69, 9.17) is 0 Å². The van der Waals surface area contributed by atoms with E-state index in [1.54, 1.807) is 40.8 Å². The van der Waals surface area contributed by atoms with Gasteiger partial charge in [0.05, 0.1) is 29.2 Å². The molecular formula is C29H47N3O4S. The Balaban J connectivity index is 2.12. The molecule has 3 fully saturated rings. The predicted molar refractivity (Wildman–Crippen MR) is 150 cm³/mol. The van der Waals surface area contributed by atoms with Gasteiger partial charge in [0.1, 0.15) is 6.04 Å². The van der Waals surface area contributed by atoms with Gasteiger partial charge in [0.25, 0.3) is 0 Å². The Labute approximate surface area is 227 Å². The first-order valence-corrected chi connectivity index (χ1v) is 14.8. The third-order valence-electron chi connectivity index (χ3n) is 9.03. The first kappa shape index (κ1) is 29.8. The van der Waals surface area contributed by atoms with Crippen molar-refractivity contribution in [3.63, 3.8) is 0 Å². The van der Waals surface area contributed by atoms with Crippen LogP contribution >= 0.6 is 11.8 Å². The highest BCUT2D eigenvalue weighted by Crippen LogP contribution is 2.72. The number of thioether (sulfide) groups is 1. The summed E-state index contributed by atoms with van der Waals surface area (Å²) in [7, 11) is 1.76. The monoisotopic (exact) mass is 533 g/mol. The van der Waals surface area contributed by atoms with Crippen molar-refractivity contribution in [1.82, 2.24) is 14.7 Å². The Kier molecular flexibility index (Phi) is 9.60. The lowest BCUT2D eigenvalue weighted by Crippen LogP contribution is -2.58. The van der Waals surface area contributed by atoms with E-state index in [1.807, 2.05) is 18.7 Å². The van der Waals surface area contributed by atoms with Gasteiger partial charge in [-0.15, -0.1) is 24.9 Å². The first-order valence-electron chi connectivity index (χ1n) is 14.0. The predicted octanol–water partition coefficient (Wildman–Crippen LogP) is 3.72. The number of fused-ring (bicyclic) bond motifs is 1. The van der Waals surface area contributed by atoms with Crippen LogP contribution in [0.15, 0.2) is 25.3 Å². The molecule has 0 aromatic heterocycles. The summed E-state index contributed by atoms with van der Waals surface area (Å²) >= 11 is 1.69. The van der Waals surface area contributed by atoms with Gasteiger partial charge >= 0.3 is 0 Å². The Morgan fingerprint density at radius 2 is 1.86 bits per heavy atom. The molecule has 208 valence electrons. The van der Waals surface area contributed by atoms with Gasteiger partial charge in [0.15, 0.2) is 0 Å². The fourth-order valence-electron chi connectivity index (χ4n) is 6.88. The number of rotatable bonds is 14. The molecule has 2 bridgehead atoms. The fraction of sp³-hybridized carbons (Fsp3) is 0.759. The van der Waals surface area contributed by atoms with Crippen molar-refractivity contribution in [3.05, 3.63) is 25.3 Å². The van der Waals surface area contributed by atoms with E-state index in [2.05, 4.69) is 27.0 Å². The van der Waals surface area contributed by atoms with Crippen LogP contribution in [0.2, 0.25) is 0 Å². The Morgan fingerprint density at radius 1 is 1.19 bits per heavy atom. The molecule has 0 radical (unpaired) electrons. The van der Waals surface area contributed by atoms with E-state index in [-0.39, 0.29) is 30.2 Å². The van der Waals surface area contributed by atoms with Crippen molar-refractivity contribution in [3.8, 4) is 0 Å². The minimum Gasteiger partial charge on any atom is -0.394 e. The Hall–Kier alpha value is -1.80. The highest BCUT2D eigenvalue weighted by atomic mass is 32.2. The normalized spacial score (nSPS) is 31.7. The number of aliphatic hydroxyl groups excluding tert-OH is 1. The summed E-state index contributed by atoms with van der Waals surface area (Å²) in [4.78, 5) is 47.8. The van der Waals surface area contributed by atoms with Gasteiger partial charge in [-0.05, 0) is 32.1 Å². The maximum atomic E-state index is 14.4. The quantitative estimate of drug-likeness (QED) is 0.272. The number of hydrogen-bond acceptors (Lipinski definition) is 5. The summed E-state index contributed by atoms with van der Waals surface area (Å²) in [6.45, 7) is 17.2. The van der Waals surface area contributed by atoms with Crippen molar-refractivity contribution in [2.45, 2.75) is 87.8 Å². The van der Waals surface area contributed by atoms with Crippen molar-refractivity contribution in [2.24, 2.45) is 17.8 Å².